The minimum Gasteiger partial charge on any atom is -0.469 e. The molecule has 2 fully saturated rings. The Labute approximate surface area is 125 Å². The number of carbonyl (C=O) groups excluding carboxylic acids is 2. The van der Waals surface area contributed by atoms with Crippen LogP contribution in [0.2, 0.25) is 0 Å². The van der Waals surface area contributed by atoms with E-state index in [1.807, 2.05) is 0 Å². The molecule has 1 aliphatic heterocycles. The standard InChI is InChI=1S/C17H24O4/c1-3-4-5-6-13-14(15(18)20-2)17(16(19)21-13)10-11-7-8-12(17)9-11/h7-8,11-14H,3-6,9-10H2,1-2H3/t11-,12+,13-,14-,17+/m0/s1. The summed E-state index contributed by atoms with van der Waals surface area (Å²) in [7, 11) is 1.41. The van der Waals surface area contributed by atoms with E-state index >= 15 is 0 Å². The van der Waals surface area contributed by atoms with Gasteiger partial charge in [0.25, 0.3) is 0 Å². The number of esters is 2. The van der Waals surface area contributed by atoms with Gasteiger partial charge in [-0.25, -0.2) is 0 Å². The molecule has 1 saturated heterocycles. The average molecular weight is 292 g/mol. The van der Waals surface area contributed by atoms with Crippen molar-refractivity contribution in [1.82, 2.24) is 0 Å². The van der Waals surface area contributed by atoms with Crippen LogP contribution in [0.25, 0.3) is 0 Å². The normalized spacial score (nSPS) is 40.0. The third kappa shape index (κ3) is 2.11. The van der Waals surface area contributed by atoms with Crippen molar-refractivity contribution in [3.05, 3.63) is 12.2 Å². The first-order chi connectivity index (χ1) is 10.1. The number of allylic oxidation sites excluding steroid dienone is 2. The summed E-state index contributed by atoms with van der Waals surface area (Å²) in [5.41, 5.74) is -0.649. The van der Waals surface area contributed by atoms with Gasteiger partial charge in [-0.2, -0.15) is 0 Å². The molecule has 4 heteroatoms. The molecule has 116 valence electrons. The Hall–Kier alpha value is -1.32. The van der Waals surface area contributed by atoms with Gasteiger partial charge in [0.05, 0.1) is 12.5 Å². The van der Waals surface area contributed by atoms with Gasteiger partial charge in [0.15, 0.2) is 0 Å². The summed E-state index contributed by atoms with van der Waals surface area (Å²) in [6, 6.07) is 0. The van der Waals surface area contributed by atoms with Gasteiger partial charge in [-0.15, -0.1) is 0 Å². The predicted molar refractivity (Wildman–Crippen MR) is 77.3 cm³/mol. The summed E-state index contributed by atoms with van der Waals surface area (Å²) in [4.78, 5) is 25.0. The first-order valence-electron chi connectivity index (χ1n) is 8.10. The minimum atomic E-state index is -0.649. The zero-order valence-electron chi connectivity index (χ0n) is 12.8. The van der Waals surface area contributed by atoms with Crippen LogP contribution < -0.4 is 0 Å². The van der Waals surface area contributed by atoms with Crippen molar-refractivity contribution >= 4 is 11.9 Å². The molecular formula is C17H24O4. The Kier molecular flexibility index (Phi) is 3.80. The summed E-state index contributed by atoms with van der Waals surface area (Å²) < 4.78 is 10.7. The Morgan fingerprint density at radius 2 is 2.24 bits per heavy atom. The maximum absolute atomic E-state index is 12.6. The van der Waals surface area contributed by atoms with Crippen molar-refractivity contribution in [3.63, 3.8) is 0 Å². The lowest BCUT2D eigenvalue weighted by molar-refractivity contribution is -0.154. The Balaban J connectivity index is 1.86. The smallest absolute Gasteiger partial charge is 0.314 e. The van der Waals surface area contributed by atoms with Crippen molar-refractivity contribution in [2.75, 3.05) is 7.11 Å². The van der Waals surface area contributed by atoms with E-state index in [1.54, 1.807) is 0 Å². The number of fused-ring (bicyclic) bond motifs is 3. The van der Waals surface area contributed by atoms with Gasteiger partial charge >= 0.3 is 11.9 Å². The molecule has 5 atom stereocenters. The molecule has 0 aromatic rings. The second-order valence-electron chi connectivity index (χ2n) is 6.67. The SMILES string of the molecule is CCCCC[C@@H]1OC(=O)[C@@]2(C[C@H]3C=C[C@@H]2C3)[C@@H]1C(=O)OC. The van der Waals surface area contributed by atoms with Crippen LogP contribution in [-0.2, 0) is 19.1 Å². The molecule has 21 heavy (non-hydrogen) atoms. The fourth-order valence-electron chi connectivity index (χ4n) is 4.57. The van der Waals surface area contributed by atoms with E-state index in [2.05, 4.69) is 19.1 Å². The largest absolute Gasteiger partial charge is 0.469 e. The number of hydrogen-bond donors (Lipinski definition) is 0. The first-order valence-corrected chi connectivity index (χ1v) is 8.10. The van der Waals surface area contributed by atoms with Crippen molar-refractivity contribution in [2.24, 2.45) is 23.2 Å². The lowest BCUT2D eigenvalue weighted by atomic mass is 9.66. The summed E-state index contributed by atoms with van der Waals surface area (Å²) in [6.07, 6.45) is 9.68. The van der Waals surface area contributed by atoms with Crippen molar-refractivity contribution in [1.29, 1.82) is 0 Å². The van der Waals surface area contributed by atoms with Crippen LogP contribution in [0.4, 0.5) is 0 Å². The molecule has 0 unspecified atom stereocenters. The minimum absolute atomic E-state index is 0.148. The molecule has 0 amide bonds. The van der Waals surface area contributed by atoms with E-state index in [0.29, 0.717) is 5.92 Å². The van der Waals surface area contributed by atoms with E-state index in [-0.39, 0.29) is 24.0 Å². The highest BCUT2D eigenvalue weighted by Gasteiger charge is 2.67. The number of methoxy groups -OCH3 is 1. The van der Waals surface area contributed by atoms with Crippen molar-refractivity contribution in [3.8, 4) is 0 Å². The van der Waals surface area contributed by atoms with Crippen LogP contribution in [0.3, 0.4) is 0 Å². The molecule has 3 aliphatic rings. The number of unbranched alkanes of at least 4 members (excludes halogenated alkanes) is 2. The maximum Gasteiger partial charge on any atom is 0.314 e. The molecule has 2 aliphatic carbocycles. The topological polar surface area (TPSA) is 52.6 Å². The molecule has 0 N–H and O–H groups in total. The van der Waals surface area contributed by atoms with Crippen LogP contribution >= 0.6 is 0 Å². The Morgan fingerprint density at radius 1 is 1.43 bits per heavy atom. The summed E-state index contributed by atoms with van der Waals surface area (Å²) in [6.45, 7) is 2.14. The number of rotatable bonds is 5. The zero-order chi connectivity index (χ0) is 15.0. The van der Waals surface area contributed by atoms with E-state index in [1.165, 1.54) is 7.11 Å². The predicted octanol–water partition coefficient (Wildman–Crippen LogP) is 2.86. The van der Waals surface area contributed by atoms with Gasteiger partial charge in [0, 0.05) is 0 Å². The van der Waals surface area contributed by atoms with Crippen LogP contribution in [0.15, 0.2) is 12.2 Å². The molecule has 1 heterocycles. The number of carbonyl (C=O) groups is 2. The van der Waals surface area contributed by atoms with E-state index in [0.717, 1.165) is 38.5 Å². The molecule has 0 radical (unpaired) electrons. The zero-order valence-corrected chi connectivity index (χ0v) is 12.8. The van der Waals surface area contributed by atoms with Crippen LogP contribution in [0, 0.1) is 23.2 Å². The number of cyclic esters (lactones) is 1. The van der Waals surface area contributed by atoms with E-state index in [4.69, 9.17) is 9.47 Å². The Morgan fingerprint density at radius 3 is 2.81 bits per heavy atom. The van der Waals surface area contributed by atoms with Gasteiger partial charge < -0.3 is 9.47 Å². The van der Waals surface area contributed by atoms with Gasteiger partial charge in [0.1, 0.15) is 12.0 Å². The van der Waals surface area contributed by atoms with Crippen LogP contribution in [0.1, 0.15) is 45.4 Å². The highest BCUT2D eigenvalue weighted by atomic mass is 16.6. The summed E-state index contributed by atoms with van der Waals surface area (Å²) in [5.74, 6) is -0.300. The lowest BCUT2D eigenvalue weighted by Gasteiger charge is -2.32. The van der Waals surface area contributed by atoms with E-state index < -0.39 is 11.3 Å². The molecular weight excluding hydrogens is 268 g/mol. The molecule has 2 bridgehead atoms. The lowest BCUT2D eigenvalue weighted by Crippen LogP contribution is -2.43. The quantitative estimate of drug-likeness (QED) is 0.444. The third-order valence-electron chi connectivity index (χ3n) is 5.55. The molecule has 1 spiro atoms. The van der Waals surface area contributed by atoms with Gasteiger partial charge in [0.2, 0.25) is 0 Å². The molecule has 0 aromatic carbocycles. The molecule has 4 nitrogen and oxygen atoms in total. The number of ether oxygens (including phenoxy) is 2. The first kappa shape index (κ1) is 14.6. The fourth-order valence-corrected chi connectivity index (χ4v) is 4.57. The third-order valence-corrected chi connectivity index (χ3v) is 5.55. The highest BCUT2D eigenvalue weighted by Crippen LogP contribution is 2.61. The Bertz CT molecular complexity index is 469. The highest BCUT2D eigenvalue weighted by molar-refractivity contribution is 5.90. The van der Waals surface area contributed by atoms with Gasteiger partial charge in [-0.3, -0.25) is 9.59 Å². The van der Waals surface area contributed by atoms with E-state index in [9.17, 15) is 9.59 Å². The van der Waals surface area contributed by atoms with Crippen molar-refractivity contribution in [2.45, 2.75) is 51.6 Å². The molecule has 3 rings (SSSR count). The molecule has 1 saturated carbocycles. The monoisotopic (exact) mass is 292 g/mol. The second kappa shape index (κ2) is 5.47. The number of hydrogen-bond acceptors (Lipinski definition) is 4. The van der Waals surface area contributed by atoms with Crippen LogP contribution in [0.5, 0.6) is 0 Å². The second-order valence-corrected chi connectivity index (χ2v) is 6.67. The van der Waals surface area contributed by atoms with Gasteiger partial charge in [-0.05, 0) is 37.5 Å². The maximum atomic E-state index is 12.6. The van der Waals surface area contributed by atoms with Crippen LogP contribution in [-0.4, -0.2) is 25.2 Å². The summed E-state index contributed by atoms with van der Waals surface area (Å²) in [5, 5.41) is 0. The summed E-state index contributed by atoms with van der Waals surface area (Å²) >= 11 is 0. The van der Waals surface area contributed by atoms with Gasteiger partial charge in [-0.1, -0.05) is 31.9 Å². The average Bonchev–Trinajstić information content (AvgIpc) is 3.14. The molecule has 0 aromatic heterocycles. The van der Waals surface area contributed by atoms with Crippen molar-refractivity contribution < 1.29 is 19.1 Å². The fraction of sp³-hybridized carbons (Fsp3) is 0.765.